The fraction of sp³-hybridized carbons (Fsp3) is 0.818. The first-order valence-electron chi connectivity index (χ1n) is 5.28. The minimum atomic E-state index is 0.767. The van der Waals surface area contributed by atoms with Crippen molar-refractivity contribution in [2.75, 3.05) is 6.54 Å². The molecule has 1 saturated carbocycles. The highest BCUT2D eigenvalue weighted by Gasteiger charge is 2.08. The van der Waals surface area contributed by atoms with E-state index in [4.69, 9.17) is 0 Å². The summed E-state index contributed by atoms with van der Waals surface area (Å²) < 4.78 is 0. The van der Waals surface area contributed by atoms with Crippen LogP contribution in [0.1, 0.15) is 44.9 Å². The Morgan fingerprint density at radius 1 is 1.08 bits per heavy atom. The molecular formula is C11H21N. The maximum Gasteiger partial charge on any atom is 0.0134 e. The maximum atomic E-state index is 3.72. The molecule has 0 aromatic heterocycles. The molecule has 0 atom stereocenters. The van der Waals surface area contributed by atoms with Crippen molar-refractivity contribution in [2.24, 2.45) is 0 Å². The summed E-state index contributed by atoms with van der Waals surface area (Å²) in [6, 6.07) is 0.767. The van der Waals surface area contributed by atoms with E-state index in [-0.39, 0.29) is 0 Å². The fourth-order valence-corrected chi connectivity index (χ4v) is 1.91. The number of rotatable bonds is 3. The fourth-order valence-electron chi connectivity index (χ4n) is 1.91. The van der Waals surface area contributed by atoms with Gasteiger partial charge in [-0.3, -0.25) is 0 Å². The molecule has 0 unspecified atom stereocenters. The van der Waals surface area contributed by atoms with Crippen LogP contribution >= 0.6 is 0 Å². The molecule has 1 nitrogen and oxygen atoms in total. The molecule has 1 aliphatic carbocycles. The lowest BCUT2D eigenvalue weighted by molar-refractivity contribution is 0.401. The van der Waals surface area contributed by atoms with Crippen molar-refractivity contribution in [3.63, 3.8) is 0 Å². The Kier molecular flexibility index (Phi) is 5.09. The van der Waals surface area contributed by atoms with Gasteiger partial charge < -0.3 is 5.32 Å². The predicted octanol–water partition coefficient (Wildman–Crippen LogP) is 2.87. The third kappa shape index (κ3) is 3.91. The molecule has 0 bridgehead atoms. The molecule has 1 N–H and O–H groups in total. The highest BCUT2D eigenvalue weighted by molar-refractivity contribution is 4.76. The third-order valence-corrected chi connectivity index (χ3v) is 2.66. The van der Waals surface area contributed by atoms with Gasteiger partial charge in [-0.1, -0.05) is 38.2 Å². The van der Waals surface area contributed by atoms with E-state index in [9.17, 15) is 0 Å². The summed E-state index contributed by atoms with van der Waals surface area (Å²) in [5, 5.41) is 3.52. The van der Waals surface area contributed by atoms with Gasteiger partial charge in [0.05, 0.1) is 0 Å². The lowest BCUT2D eigenvalue weighted by Gasteiger charge is -2.20. The Hall–Kier alpha value is -0.300. The van der Waals surface area contributed by atoms with Crippen molar-refractivity contribution in [1.29, 1.82) is 0 Å². The molecule has 70 valence electrons. The van der Waals surface area contributed by atoms with Gasteiger partial charge in [-0.05, 0) is 12.8 Å². The molecule has 0 saturated heterocycles. The summed E-state index contributed by atoms with van der Waals surface area (Å²) >= 11 is 0. The summed E-state index contributed by atoms with van der Waals surface area (Å²) in [5.74, 6) is 0. The van der Waals surface area contributed by atoms with Crippen molar-refractivity contribution in [3.05, 3.63) is 12.7 Å². The van der Waals surface area contributed by atoms with Gasteiger partial charge in [0.2, 0.25) is 0 Å². The smallest absolute Gasteiger partial charge is 0.0134 e. The van der Waals surface area contributed by atoms with Crippen LogP contribution in [0.3, 0.4) is 0 Å². The molecule has 0 spiro atoms. The molecule has 1 aliphatic rings. The van der Waals surface area contributed by atoms with Crippen LogP contribution < -0.4 is 5.32 Å². The van der Waals surface area contributed by atoms with Crippen LogP contribution in [0.2, 0.25) is 0 Å². The topological polar surface area (TPSA) is 12.0 Å². The standard InChI is InChI=1S/C11H21N/c1-2-10-12-11-8-6-4-3-5-7-9-11/h2,11-12H,1,3-10H2. The van der Waals surface area contributed by atoms with Gasteiger partial charge in [-0.15, -0.1) is 6.58 Å². The summed E-state index contributed by atoms with van der Waals surface area (Å²) in [7, 11) is 0. The molecule has 0 aromatic carbocycles. The lowest BCUT2D eigenvalue weighted by atomic mass is 9.97. The van der Waals surface area contributed by atoms with Gasteiger partial charge in [-0.2, -0.15) is 0 Å². The summed E-state index contributed by atoms with van der Waals surface area (Å²) in [4.78, 5) is 0. The molecule has 12 heavy (non-hydrogen) atoms. The molecule has 1 heteroatoms. The second kappa shape index (κ2) is 6.24. The number of nitrogens with one attached hydrogen (secondary N) is 1. The Labute approximate surface area is 76.2 Å². The van der Waals surface area contributed by atoms with E-state index in [0.29, 0.717) is 0 Å². The van der Waals surface area contributed by atoms with E-state index in [1.165, 1.54) is 44.9 Å². The Balaban J connectivity index is 2.15. The maximum absolute atomic E-state index is 3.72. The molecular weight excluding hydrogens is 146 g/mol. The molecule has 0 aromatic rings. The first kappa shape index (κ1) is 9.79. The van der Waals surface area contributed by atoms with Crippen LogP contribution in [0.5, 0.6) is 0 Å². The monoisotopic (exact) mass is 167 g/mol. The van der Waals surface area contributed by atoms with Gasteiger partial charge in [0.1, 0.15) is 0 Å². The minimum absolute atomic E-state index is 0.767. The van der Waals surface area contributed by atoms with E-state index in [1.807, 2.05) is 6.08 Å². The Bertz CT molecular complexity index is 112. The van der Waals surface area contributed by atoms with Gasteiger partial charge >= 0.3 is 0 Å². The molecule has 0 aliphatic heterocycles. The lowest BCUT2D eigenvalue weighted by Crippen LogP contribution is -2.29. The van der Waals surface area contributed by atoms with Crippen molar-refractivity contribution in [2.45, 2.75) is 51.0 Å². The Morgan fingerprint density at radius 3 is 2.25 bits per heavy atom. The van der Waals surface area contributed by atoms with Crippen LogP contribution in [0.4, 0.5) is 0 Å². The summed E-state index contributed by atoms with van der Waals surface area (Å²) in [6.45, 7) is 4.70. The zero-order chi connectivity index (χ0) is 8.65. The molecule has 0 heterocycles. The zero-order valence-electron chi connectivity index (χ0n) is 8.02. The SMILES string of the molecule is C=CCNC1CCCCCCC1. The summed E-state index contributed by atoms with van der Waals surface area (Å²) in [6.07, 6.45) is 11.8. The van der Waals surface area contributed by atoms with Crippen LogP contribution in [-0.4, -0.2) is 12.6 Å². The highest BCUT2D eigenvalue weighted by atomic mass is 14.9. The van der Waals surface area contributed by atoms with E-state index in [2.05, 4.69) is 11.9 Å². The van der Waals surface area contributed by atoms with Crippen molar-refractivity contribution in [1.82, 2.24) is 5.32 Å². The van der Waals surface area contributed by atoms with Crippen LogP contribution in [0.15, 0.2) is 12.7 Å². The van der Waals surface area contributed by atoms with Gasteiger partial charge in [0, 0.05) is 12.6 Å². The van der Waals surface area contributed by atoms with E-state index >= 15 is 0 Å². The quantitative estimate of drug-likeness (QED) is 0.637. The average molecular weight is 167 g/mol. The summed E-state index contributed by atoms with van der Waals surface area (Å²) in [5.41, 5.74) is 0. The average Bonchev–Trinajstić information content (AvgIpc) is 2.02. The van der Waals surface area contributed by atoms with E-state index < -0.39 is 0 Å². The zero-order valence-corrected chi connectivity index (χ0v) is 8.02. The molecule has 1 fully saturated rings. The first-order chi connectivity index (χ1) is 5.93. The predicted molar refractivity (Wildman–Crippen MR) is 54.3 cm³/mol. The van der Waals surface area contributed by atoms with Crippen molar-refractivity contribution >= 4 is 0 Å². The second-order valence-corrected chi connectivity index (χ2v) is 3.74. The van der Waals surface area contributed by atoms with Gasteiger partial charge in [-0.25, -0.2) is 0 Å². The highest BCUT2D eigenvalue weighted by Crippen LogP contribution is 2.16. The minimum Gasteiger partial charge on any atom is -0.311 e. The normalized spacial score (nSPS) is 21.3. The van der Waals surface area contributed by atoms with Gasteiger partial charge in [0.15, 0.2) is 0 Å². The van der Waals surface area contributed by atoms with Crippen LogP contribution in [0.25, 0.3) is 0 Å². The first-order valence-corrected chi connectivity index (χ1v) is 5.28. The second-order valence-electron chi connectivity index (χ2n) is 3.74. The number of hydrogen-bond acceptors (Lipinski definition) is 1. The van der Waals surface area contributed by atoms with Crippen molar-refractivity contribution in [3.8, 4) is 0 Å². The third-order valence-electron chi connectivity index (χ3n) is 2.66. The van der Waals surface area contributed by atoms with Crippen LogP contribution in [-0.2, 0) is 0 Å². The largest absolute Gasteiger partial charge is 0.311 e. The molecule has 0 amide bonds. The Morgan fingerprint density at radius 2 is 1.67 bits per heavy atom. The van der Waals surface area contributed by atoms with Crippen LogP contribution in [0, 0.1) is 0 Å². The van der Waals surface area contributed by atoms with Crippen molar-refractivity contribution < 1.29 is 0 Å². The van der Waals surface area contributed by atoms with E-state index in [0.717, 1.165) is 12.6 Å². The molecule has 0 radical (unpaired) electrons. The number of hydrogen-bond donors (Lipinski definition) is 1. The molecule has 1 rings (SSSR count). The van der Waals surface area contributed by atoms with Gasteiger partial charge in [0.25, 0.3) is 0 Å². The van der Waals surface area contributed by atoms with E-state index in [1.54, 1.807) is 0 Å².